The number of nitriles is 1. The van der Waals surface area contributed by atoms with Gasteiger partial charge >= 0.3 is 5.97 Å². The predicted octanol–water partition coefficient (Wildman–Crippen LogP) is 4.91. The van der Waals surface area contributed by atoms with Crippen molar-refractivity contribution >= 4 is 27.8 Å². The Labute approximate surface area is 161 Å². The van der Waals surface area contributed by atoms with Crippen LogP contribution in [0.3, 0.4) is 0 Å². The molecule has 0 amide bonds. The lowest BCUT2D eigenvalue weighted by atomic mass is 10.1. The summed E-state index contributed by atoms with van der Waals surface area (Å²) in [6.45, 7) is 7.37. The van der Waals surface area contributed by atoms with Crippen molar-refractivity contribution in [3.05, 3.63) is 59.4 Å². The molecule has 0 atom stereocenters. The highest BCUT2D eigenvalue weighted by Crippen LogP contribution is 2.33. The van der Waals surface area contributed by atoms with Crippen LogP contribution in [0.4, 0.5) is 0 Å². The summed E-state index contributed by atoms with van der Waals surface area (Å²) in [5.41, 5.74) is 3.59. The monoisotopic (exact) mass is 373 g/mol. The van der Waals surface area contributed by atoms with Gasteiger partial charge < -0.3 is 13.8 Å². The standard InChI is InChI=1S/C22H19N3O3/c1-13-19-18(28-24-13)10-9-17-20(19)15(11-23)12-25(17)16-7-5-14(6-8-16)21(26)27-22(2,3)4/h5-10,12H,1-4H3. The number of rotatable bonds is 2. The second-order valence-corrected chi connectivity index (χ2v) is 7.67. The predicted molar refractivity (Wildman–Crippen MR) is 105 cm³/mol. The first-order chi connectivity index (χ1) is 13.3. The van der Waals surface area contributed by atoms with Crippen molar-refractivity contribution < 1.29 is 14.1 Å². The smallest absolute Gasteiger partial charge is 0.338 e. The van der Waals surface area contributed by atoms with Gasteiger partial charge in [0.2, 0.25) is 0 Å². The van der Waals surface area contributed by atoms with Crippen LogP contribution in [0.1, 0.15) is 42.4 Å². The molecule has 2 aromatic carbocycles. The van der Waals surface area contributed by atoms with Gasteiger partial charge in [-0.05, 0) is 64.1 Å². The number of hydrogen-bond acceptors (Lipinski definition) is 5. The Hall–Kier alpha value is -3.59. The molecule has 4 aromatic rings. The minimum absolute atomic E-state index is 0.365. The van der Waals surface area contributed by atoms with E-state index in [0.29, 0.717) is 16.7 Å². The summed E-state index contributed by atoms with van der Waals surface area (Å²) in [4.78, 5) is 12.2. The van der Waals surface area contributed by atoms with Crippen molar-refractivity contribution in [1.29, 1.82) is 5.26 Å². The molecule has 0 unspecified atom stereocenters. The van der Waals surface area contributed by atoms with E-state index in [0.717, 1.165) is 27.7 Å². The number of esters is 1. The van der Waals surface area contributed by atoms with Crippen LogP contribution in [0.5, 0.6) is 0 Å². The molecule has 140 valence electrons. The second kappa shape index (κ2) is 6.24. The van der Waals surface area contributed by atoms with E-state index in [2.05, 4.69) is 11.2 Å². The Bertz CT molecular complexity index is 1250. The van der Waals surface area contributed by atoms with Crippen molar-refractivity contribution in [2.24, 2.45) is 0 Å². The minimum Gasteiger partial charge on any atom is -0.456 e. The summed E-state index contributed by atoms with van der Waals surface area (Å²) >= 11 is 0. The Balaban J connectivity index is 1.82. The minimum atomic E-state index is -0.546. The molecule has 0 aliphatic rings. The molecule has 0 spiro atoms. The molecular weight excluding hydrogens is 354 g/mol. The van der Waals surface area contributed by atoms with E-state index in [-0.39, 0.29) is 5.97 Å². The van der Waals surface area contributed by atoms with Gasteiger partial charge in [0.05, 0.1) is 27.7 Å². The number of benzene rings is 2. The summed E-state index contributed by atoms with van der Waals surface area (Å²) in [5.74, 6) is -0.365. The van der Waals surface area contributed by atoms with Crippen molar-refractivity contribution in [2.75, 3.05) is 0 Å². The average molecular weight is 373 g/mol. The Kier molecular flexibility index (Phi) is 3.97. The van der Waals surface area contributed by atoms with Crippen molar-refractivity contribution in [3.63, 3.8) is 0 Å². The van der Waals surface area contributed by atoms with Gasteiger partial charge in [-0.1, -0.05) is 5.16 Å². The lowest BCUT2D eigenvalue weighted by Crippen LogP contribution is -2.23. The van der Waals surface area contributed by atoms with Crippen LogP contribution in [-0.2, 0) is 4.74 Å². The van der Waals surface area contributed by atoms with Gasteiger partial charge in [0.1, 0.15) is 11.7 Å². The Morgan fingerprint density at radius 2 is 1.86 bits per heavy atom. The lowest BCUT2D eigenvalue weighted by Gasteiger charge is -2.19. The van der Waals surface area contributed by atoms with Crippen LogP contribution in [0, 0.1) is 18.3 Å². The van der Waals surface area contributed by atoms with Crippen LogP contribution < -0.4 is 0 Å². The fourth-order valence-corrected chi connectivity index (χ4v) is 3.30. The second-order valence-electron chi connectivity index (χ2n) is 7.67. The van der Waals surface area contributed by atoms with Gasteiger partial charge in [-0.2, -0.15) is 5.26 Å². The number of nitrogens with zero attached hydrogens (tertiary/aromatic N) is 3. The topological polar surface area (TPSA) is 81.0 Å². The van der Waals surface area contributed by atoms with E-state index in [1.54, 1.807) is 18.3 Å². The fourth-order valence-electron chi connectivity index (χ4n) is 3.30. The van der Waals surface area contributed by atoms with Crippen molar-refractivity contribution in [3.8, 4) is 11.8 Å². The van der Waals surface area contributed by atoms with Crippen LogP contribution in [-0.4, -0.2) is 21.3 Å². The first kappa shape index (κ1) is 17.8. The zero-order chi connectivity index (χ0) is 20.1. The molecule has 6 heteroatoms. The summed E-state index contributed by atoms with van der Waals surface area (Å²) in [7, 11) is 0. The number of aryl methyl sites for hydroxylation is 1. The van der Waals surface area contributed by atoms with E-state index in [1.165, 1.54) is 0 Å². The van der Waals surface area contributed by atoms with E-state index in [9.17, 15) is 10.1 Å². The number of ether oxygens (including phenoxy) is 1. The lowest BCUT2D eigenvalue weighted by molar-refractivity contribution is 0.00695. The highest BCUT2D eigenvalue weighted by atomic mass is 16.6. The fraction of sp³-hybridized carbons (Fsp3) is 0.227. The molecule has 0 N–H and O–H groups in total. The van der Waals surface area contributed by atoms with Crippen molar-refractivity contribution in [2.45, 2.75) is 33.3 Å². The molecule has 2 heterocycles. The molecule has 0 aliphatic carbocycles. The highest BCUT2D eigenvalue weighted by molar-refractivity contribution is 6.09. The summed E-state index contributed by atoms with van der Waals surface area (Å²) in [6.07, 6.45) is 1.79. The van der Waals surface area contributed by atoms with Gasteiger partial charge in [-0.15, -0.1) is 0 Å². The summed E-state index contributed by atoms with van der Waals surface area (Å²) in [5, 5.41) is 15.3. The number of aromatic nitrogens is 2. The molecule has 0 aliphatic heterocycles. The zero-order valence-electron chi connectivity index (χ0n) is 16.1. The first-order valence-electron chi connectivity index (χ1n) is 8.92. The maximum atomic E-state index is 12.2. The van der Waals surface area contributed by atoms with Crippen LogP contribution in [0.15, 0.2) is 47.1 Å². The van der Waals surface area contributed by atoms with Gasteiger partial charge in [0, 0.05) is 17.3 Å². The van der Waals surface area contributed by atoms with Gasteiger partial charge in [-0.25, -0.2) is 4.79 Å². The molecular formula is C22H19N3O3. The molecule has 28 heavy (non-hydrogen) atoms. The number of carbonyl (C=O) groups is 1. The maximum absolute atomic E-state index is 12.2. The maximum Gasteiger partial charge on any atom is 0.338 e. The molecule has 0 saturated carbocycles. The van der Waals surface area contributed by atoms with E-state index in [1.807, 2.05) is 56.5 Å². The van der Waals surface area contributed by atoms with Crippen LogP contribution in [0.25, 0.3) is 27.6 Å². The van der Waals surface area contributed by atoms with Gasteiger partial charge in [0.15, 0.2) is 5.58 Å². The first-order valence-corrected chi connectivity index (χ1v) is 8.92. The van der Waals surface area contributed by atoms with E-state index < -0.39 is 5.60 Å². The summed E-state index contributed by atoms with van der Waals surface area (Å²) in [6, 6.07) is 13.1. The molecule has 4 rings (SSSR count). The summed E-state index contributed by atoms with van der Waals surface area (Å²) < 4.78 is 12.7. The van der Waals surface area contributed by atoms with Crippen LogP contribution in [0.2, 0.25) is 0 Å². The quantitative estimate of drug-likeness (QED) is 0.467. The van der Waals surface area contributed by atoms with E-state index >= 15 is 0 Å². The molecule has 6 nitrogen and oxygen atoms in total. The third-order valence-corrected chi connectivity index (χ3v) is 4.48. The van der Waals surface area contributed by atoms with Gasteiger partial charge in [-0.3, -0.25) is 0 Å². The molecule has 0 bridgehead atoms. The third kappa shape index (κ3) is 2.91. The zero-order valence-corrected chi connectivity index (χ0v) is 16.1. The molecule has 2 aromatic heterocycles. The van der Waals surface area contributed by atoms with Crippen LogP contribution >= 0.6 is 0 Å². The number of hydrogen-bond donors (Lipinski definition) is 0. The third-order valence-electron chi connectivity index (χ3n) is 4.48. The molecule has 0 saturated heterocycles. The SMILES string of the molecule is Cc1noc2ccc3c(c(C#N)cn3-c3ccc(C(=O)OC(C)(C)C)cc3)c12. The van der Waals surface area contributed by atoms with Gasteiger partial charge in [0.25, 0.3) is 0 Å². The average Bonchev–Trinajstić information content (AvgIpc) is 3.21. The largest absolute Gasteiger partial charge is 0.456 e. The number of fused-ring (bicyclic) bond motifs is 3. The molecule has 0 radical (unpaired) electrons. The molecule has 0 fully saturated rings. The van der Waals surface area contributed by atoms with Crippen molar-refractivity contribution in [1.82, 2.24) is 9.72 Å². The normalized spacial score (nSPS) is 11.7. The Morgan fingerprint density at radius 3 is 2.50 bits per heavy atom. The van der Waals surface area contributed by atoms with E-state index in [4.69, 9.17) is 9.26 Å². The highest BCUT2D eigenvalue weighted by Gasteiger charge is 2.19. The number of carbonyl (C=O) groups excluding carboxylic acids is 1. The Morgan fingerprint density at radius 1 is 1.14 bits per heavy atom.